The van der Waals surface area contributed by atoms with Crippen molar-refractivity contribution in [1.82, 2.24) is 4.90 Å². The number of ether oxygens (including phenoxy) is 1. The number of anilines is 1. The maximum Gasteiger partial charge on any atom is 0.254 e. The van der Waals surface area contributed by atoms with Crippen molar-refractivity contribution in [2.24, 2.45) is 0 Å². The lowest BCUT2D eigenvalue weighted by Gasteiger charge is -2.38. The Hall–Kier alpha value is -1.55. The van der Waals surface area contributed by atoms with Crippen LogP contribution in [0.25, 0.3) is 0 Å². The molecule has 4 heteroatoms. The fourth-order valence-electron chi connectivity index (χ4n) is 2.29. The van der Waals surface area contributed by atoms with Crippen LogP contribution in [0.15, 0.2) is 24.3 Å². The minimum absolute atomic E-state index is 0.0834. The molecule has 104 valence electrons. The van der Waals surface area contributed by atoms with Crippen LogP contribution >= 0.6 is 0 Å². The fraction of sp³-hybridized carbons (Fsp3) is 0.533. The number of benzene rings is 1. The molecule has 1 amide bonds. The summed E-state index contributed by atoms with van der Waals surface area (Å²) in [5.74, 6) is 0.0834. The lowest BCUT2D eigenvalue weighted by atomic mass is 10.1. The smallest absolute Gasteiger partial charge is 0.254 e. The quantitative estimate of drug-likeness (QED) is 0.817. The molecule has 1 aliphatic heterocycles. The topological polar surface area (TPSA) is 32.8 Å². The van der Waals surface area contributed by atoms with Crippen molar-refractivity contribution in [1.29, 1.82) is 0 Å². The molecule has 0 aliphatic carbocycles. The third-order valence-corrected chi connectivity index (χ3v) is 3.32. The Morgan fingerprint density at radius 1 is 1.37 bits per heavy atom. The molecule has 2 rings (SSSR count). The van der Waals surface area contributed by atoms with E-state index >= 15 is 0 Å². The van der Waals surface area contributed by atoms with Gasteiger partial charge in [0.1, 0.15) is 0 Å². The van der Waals surface area contributed by atoms with Gasteiger partial charge in [0.15, 0.2) is 0 Å². The van der Waals surface area contributed by atoms with Crippen LogP contribution in [0.1, 0.15) is 24.2 Å². The lowest BCUT2D eigenvalue weighted by molar-refractivity contribution is -0.0764. The maximum absolute atomic E-state index is 12.5. The molecule has 0 N–H and O–H groups in total. The van der Waals surface area contributed by atoms with Crippen LogP contribution in [0.2, 0.25) is 0 Å². The summed E-state index contributed by atoms with van der Waals surface area (Å²) in [7, 11) is 3.95. The van der Waals surface area contributed by atoms with E-state index in [-0.39, 0.29) is 11.5 Å². The molecule has 4 nitrogen and oxygen atoms in total. The first-order chi connectivity index (χ1) is 8.89. The van der Waals surface area contributed by atoms with Gasteiger partial charge in [0.2, 0.25) is 0 Å². The van der Waals surface area contributed by atoms with Gasteiger partial charge < -0.3 is 14.5 Å². The number of hydrogen-bond acceptors (Lipinski definition) is 3. The number of morpholine rings is 1. The van der Waals surface area contributed by atoms with E-state index in [0.29, 0.717) is 19.7 Å². The van der Waals surface area contributed by atoms with Crippen molar-refractivity contribution in [2.45, 2.75) is 19.4 Å². The summed E-state index contributed by atoms with van der Waals surface area (Å²) in [5, 5.41) is 0. The molecule has 0 atom stereocenters. The Kier molecular flexibility index (Phi) is 3.80. The van der Waals surface area contributed by atoms with Crippen LogP contribution in [0.5, 0.6) is 0 Å². The largest absolute Gasteiger partial charge is 0.378 e. The normalized spacial score (nSPS) is 18.2. The van der Waals surface area contributed by atoms with Gasteiger partial charge in [-0.05, 0) is 32.0 Å². The molecule has 1 aromatic rings. The molecule has 1 saturated heterocycles. The third kappa shape index (κ3) is 3.26. The Morgan fingerprint density at radius 2 is 2.11 bits per heavy atom. The van der Waals surface area contributed by atoms with E-state index in [2.05, 4.69) is 0 Å². The summed E-state index contributed by atoms with van der Waals surface area (Å²) in [4.78, 5) is 16.4. The predicted molar refractivity (Wildman–Crippen MR) is 76.7 cm³/mol. The van der Waals surface area contributed by atoms with E-state index in [4.69, 9.17) is 4.74 Å². The molecule has 0 radical (unpaired) electrons. The Bertz CT molecular complexity index is 469. The first-order valence-electron chi connectivity index (χ1n) is 6.60. The lowest BCUT2D eigenvalue weighted by Crippen LogP contribution is -2.50. The van der Waals surface area contributed by atoms with Gasteiger partial charge in [0, 0.05) is 38.4 Å². The number of rotatable bonds is 2. The zero-order chi connectivity index (χ0) is 14.0. The Labute approximate surface area is 115 Å². The van der Waals surface area contributed by atoms with E-state index in [0.717, 1.165) is 11.3 Å². The van der Waals surface area contributed by atoms with E-state index in [1.807, 2.05) is 62.0 Å². The zero-order valence-corrected chi connectivity index (χ0v) is 12.1. The summed E-state index contributed by atoms with van der Waals surface area (Å²) in [5.41, 5.74) is 1.52. The molecule has 1 heterocycles. The number of amides is 1. The van der Waals surface area contributed by atoms with Crippen molar-refractivity contribution in [3.8, 4) is 0 Å². The van der Waals surface area contributed by atoms with E-state index in [1.165, 1.54) is 0 Å². The molecule has 0 aromatic heterocycles. The van der Waals surface area contributed by atoms with Crippen molar-refractivity contribution in [2.75, 3.05) is 38.7 Å². The van der Waals surface area contributed by atoms with Gasteiger partial charge in [0.05, 0.1) is 12.2 Å². The number of carbonyl (C=O) groups excluding carboxylic acids is 1. The molecule has 0 saturated carbocycles. The van der Waals surface area contributed by atoms with Crippen LogP contribution in [0, 0.1) is 0 Å². The number of carbonyl (C=O) groups is 1. The SMILES string of the molecule is CN(C)c1cccc(C(=O)N2CCOC(C)(C)C2)c1. The maximum atomic E-state index is 12.5. The number of nitrogens with zero attached hydrogens (tertiary/aromatic N) is 2. The average Bonchev–Trinajstić information content (AvgIpc) is 2.37. The molecule has 19 heavy (non-hydrogen) atoms. The summed E-state index contributed by atoms with van der Waals surface area (Å²) >= 11 is 0. The van der Waals surface area contributed by atoms with E-state index < -0.39 is 0 Å². The molecular formula is C15H22N2O2. The highest BCUT2D eigenvalue weighted by molar-refractivity contribution is 5.95. The van der Waals surface area contributed by atoms with Gasteiger partial charge in [-0.25, -0.2) is 0 Å². The summed E-state index contributed by atoms with van der Waals surface area (Å²) < 4.78 is 5.64. The standard InChI is InChI=1S/C15H22N2O2/c1-15(2)11-17(8-9-19-15)14(18)12-6-5-7-13(10-12)16(3)4/h5-7,10H,8-9,11H2,1-4H3. The monoisotopic (exact) mass is 262 g/mol. The highest BCUT2D eigenvalue weighted by Crippen LogP contribution is 2.20. The average molecular weight is 262 g/mol. The van der Waals surface area contributed by atoms with Gasteiger partial charge in [-0.2, -0.15) is 0 Å². The van der Waals surface area contributed by atoms with Crippen LogP contribution in [-0.4, -0.2) is 50.2 Å². The fourth-order valence-corrected chi connectivity index (χ4v) is 2.29. The summed E-state index contributed by atoms with van der Waals surface area (Å²) in [6, 6.07) is 7.73. The molecule has 1 aromatic carbocycles. The van der Waals surface area contributed by atoms with Crippen molar-refractivity contribution >= 4 is 11.6 Å². The molecule has 0 spiro atoms. The Morgan fingerprint density at radius 3 is 2.74 bits per heavy atom. The third-order valence-electron chi connectivity index (χ3n) is 3.32. The second kappa shape index (κ2) is 5.21. The highest BCUT2D eigenvalue weighted by Gasteiger charge is 2.30. The van der Waals surface area contributed by atoms with Crippen LogP contribution in [0.4, 0.5) is 5.69 Å². The molecule has 1 fully saturated rings. The van der Waals surface area contributed by atoms with Gasteiger partial charge in [-0.15, -0.1) is 0 Å². The first-order valence-corrected chi connectivity index (χ1v) is 6.60. The Balaban J connectivity index is 2.17. The molecule has 0 bridgehead atoms. The van der Waals surface area contributed by atoms with Gasteiger partial charge >= 0.3 is 0 Å². The van der Waals surface area contributed by atoms with Gasteiger partial charge in [-0.3, -0.25) is 4.79 Å². The van der Waals surface area contributed by atoms with Crippen molar-refractivity contribution in [3.63, 3.8) is 0 Å². The van der Waals surface area contributed by atoms with Crippen molar-refractivity contribution in [3.05, 3.63) is 29.8 Å². The minimum atomic E-state index is -0.257. The minimum Gasteiger partial charge on any atom is -0.378 e. The van der Waals surface area contributed by atoms with Gasteiger partial charge in [0.25, 0.3) is 5.91 Å². The van der Waals surface area contributed by atoms with E-state index in [1.54, 1.807) is 0 Å². The predicted octanol–water partition coefficient (Wildman–Crippen LogP) is 2.00. The first kappa shape index (κ1) is 13.9. The second-order valence-corrected chi connectivity index (χ2v) is 5.78. The van der Waals surface area contributed by atoms with Gasteiger partial charge in [-0.1, -0.05) is 6.07 Å². The highest BCUT2D eigenvalue weighted by atomic mass is 16.5. The molecule has 1 aliphatic rings. The van der Waals surface area contributed by atoms with Crippen LogP contribution < -0.4 is 4.90 Å². The second-order valence-electron chi connectivity index (χ2n) is 5.78. The van der Waals surface area contributed by atoms with Crippen LogP contribution in [-0.2, 0) is 4.74 Å². The molecular weight excluding hydrogens is 240 g/mol. The van der Waals surface area contributed by atoms with E-state index in [9.17, 15) is 4.79 Å². The zero-order valence-electron chi connectivity index (χ0n) is 12.1. The molecule has 0 unspecified atom stereocenters. The summed E-state index contributed by atoms with van der Waals surface area (Å²) in [6.45, 7) is 5.93. The summed E-state index contributed by atoms with van der Waals surface area (Å²) in [6.07, 6.45) is 0. The van der Waals surface area contributed by atoms with Crippen molar-refractivity contribution < 1.29 is 9.53 Å². The van der Waals surface area contributed by atoms with Crippen LogP contribution in [0.3, 0.4) is 0 Å². The number of hydrogen-bond donors (Lipinski definition) is 0.